The number of ether oxygens (including phenoxy) is 2. The third-order valence-electron chi connectivity index (χ3n) is 2.91. The van der Waals surface area contributed by atoms with E-state index in [0.717, 1.165) is 45.2 Å². The van der Waals surface area contributed by atoms with Crippen LogP contribution >= 0.6 is 0 Å². The Bertz CT molecular complexity index is 171. The molecule has 1 saturated heterocycles. The van der Waals surface area contributed by atoms with Crippen LogP contribution in [0.4, 0.5) is 0 Å². The van der Waals surface area contributed by atoms with E-state index >= 15 is 0 Å². The Morgan fingerprint density at radius 2 is 2.25 bits per heavy atom. The lowest BCUT2D eigenvalue weighted by Crippen LogP contribution is -2.44. The molecule has 0 spiro atoms. The van der Waals surface area contributed by atoms with Crippen LogP contribution < -0.4 is 0 Å². The maximum Gasteiger partial charge on any atom is 0.0935 e. The minimum Gasteiger partial charge on any atom is -0.379 e. The first-order chi connectivity index (χ1) is 7.72. The number of nitrogens with zero attached hydrogens (tertiary/aromatic N) is 1. The molecule has 1 rings (SSSR count). The molecular formula is C13H27NO2. The van der Waals surface area contributed by atoms with Crippen molar-refractivity contribution in [3.05, 3.63) is 0 Å². The monoisotopic (exact) mass is 229 g/mol. The number of hydrogen-bond donors (Lipinski definition) is 0. The van der Waals surface area contributed by atoms with Gasteiger partial charge in [-0.15, -0.1) is 0 Å². The van der Waals surface area contributed by atoms with E-state index in [1.165, 1.54) is 13.0 Å². The first-order valence-electron chi connectivity index (χ1n) is 6.64. The van der Waals surface area contributed by atoms with Gasteiger partial charge >= 0.3 is 0 Å². The molecule has 96 valence electrons. The van der Waals surface area contributed by atoms with Gasteiger partial charge in [0.1, 0.15) is 0 Å². The molecule has 0 aromatic carbocycles. The lowest BCUT2D eigenvalue weighted by Gasteiger charge is -2.32. The molecule has 0 aromatic rings. The van der Waals surface area contributed by atoms with Crippen LogP contribution in [-0.4, -0.2) is 50.5 Å². The molecule has 0 radical (unpaired) electrons. The fourth-order valence-electron chi connectivity index (χ4n) is 1.93. The Morgan fingerprint density at radius 1 is 1.44 bits per heavy atom. The van der Waals surface area contributed by atoms with Gasteiger partial charge in [-0.25, -0.2) is 0 Å². The van der Waals surface area contributed by atoms with Gasteiger partial charge in [0.15, 0.2) is 0 Å². The van der Waals surface area contributed by atoms with Crippen molar-refractivity contribution in [1.82, 2.24) is 4.90 Å². The van der Waals surface area contributed by atoms with Gasteiger partial charge in [0.25, 0.3) is 0 Å². The van der Waals surface area contributed by atoms with Crippen LogP contribution in [0.1, 0.15) is 33.6 Å². The maximum absolute atomic E-state index is 5.69. The molecule has 0 aliphatic carbocycles. The summed E-state index contributed by atoms with van der Waals surface area (Å²) in [6, 6.07) is 0. The summed E-state index contributed by atoms with van der Waals surface area (Å²) in [5.74, 6) is 0.726. The van der Waals surface area contributed by atoms with Gasteiger partial charge < -0.3 is 9.47 Å². The Labute approximate surface area is 100 Å². The Balaban J connectivity index is 2.07. The van der Waals surface area contributed by atoms with Crippen LogP contribution in [0.5, 0.6) is 0 Å². The largest absolute Gasteiger partial charge is 0.379 e. The van der Waals surface area contributed by atoms with Gasteiger partial charge in [-0.3, -0.25) is 4.90 Å². The van der Waals surface area contributed by atoms with E-state index in [1.54, 1.807) is 0 Å². The normalized spacial score (nSPS) is 22.9. The predicted octanol–water partition coefficient (Wildman–Crippen LogP) is 2.16. The zero-order valence-electron chi connectivity index (χ0n) is 11.1. The SMILES string of the molecule is CCCN1CCO[C@H](COCCC(C)C)C1. The fraction of sp³-hybridized carbons (Fsp3) is 1.00. The molecule has 0 aromatic heterocycles. The van der Waals surface area contributed by atoms with Gasteiger partial charge in [0.05, 0.1) is 19.3 Å². The number of rotatable bonds is 7. The zero-order valence-corrected chi connectivity index (χ0v) is 11.1. The van der Waals surface area contributed by atoms with Crippen LogP contribution in [-0.2, 0) is 9.47 Å². The standard InChI is InChI=1S/C13H27NO2/c1-4-6-14-7-9-16-13(10-14)11-15-8-5-12(2)3/h12-13H,4-11H2,1-3H3/t13-/m0/s1. The topological polar surface area (TPSA) is 21.7 Å². The van der Waals surface area contributed by atoms with E-state index in [4.69, 9.17) is 9.47 Å². The highest BCUT2D eigenvalue weighted by molar-refractivity contribution is 4.70. The summed E-state index contributed by atoms with van der Waals surface area (Å²) in [6.07, 6.45) is 2.65. The Kier molecular flexibility index (Phi) is 7.01. The molecule has 0 bridgehead atoms. The van der Waals surface area contributed by atoms with Crippen molar-refractivity contribution in [2.75, 3.05) is 39.5 Å². The molecule has 1 fully saturated rings. The third-order valence-corrected chi connectivity index (χ3v) is 2.91. The highest BCUT2D eigenvalue weighted by Gasteiger charge is 2.19. The summed E-state index contributed by atoms with van der Waals surface area (Å²) in [6.45, 7) is 12.5. The summed E-state index contributed by atoms with van der Waals surface area (Å²) in [7, 11) is 0. The minimum absolute atomic E-state index is 0.285. The van der Waals surface area contributed by atoms with E-state index in [2.05, 4.69) is 25.7 Å². The van der Waals surface area contributed by atoms with E-state index in [0.29, 0.717) is 0 Å². The van der Waals surface area contributed by atoms with E-state index in [9.17, 15) is 0 Å². The molecule has 0 amide bonds. The average molecular weight is 229 g/mol. The molecule has 1 aliphatic rings. The van der Waals surface area contributed by atoms with Crippen LogP contribution in [0, 0.1) is 5.92 Å². The van der Waals surface area contributed by atoms with E-state index in [-0.39, 0.29) is 6.10 Å². The quantitative estimate of drug-likeness (QED) is 0.624. The molecule has 3 heteroatoms. The molecule has 16 heavy (non-hydrogen) atoms. The Morgan fingerprint density at radius 3 is 2.94 bits per heavy atom. The highest BCUT2D eigenvalue weighted by Crippen LogP contribution is 2.07. The van der Waals surface area contributed by atoms with Crippen LogP contribution in [0.2, 0.25) is 0 Å². The highest BCUT2D eigenvalue weighted by atomic mass is 16.5. The predicted molar refractivity (Wildman–Crippen MR) is 66.7 cm³/mol. The first kappa shape index (κ1) is 13.9. The van der Waals surface area contributed by atoms with Gasteiger partial charge in [0, 0.05) is 19.7 Å². The maximum atomic E-state index is 5.69. The van der Waals surface area contributed by atoms with Crippen molar-refractivity contribution < 1.29 is 9.47 Å². The van der Waals surface area contributed by atoms with Crippen molar-refractivity contribution in [1.29, 1.82) is 0 Å². The van der Waals surface area contributed by atoms with Crippen LogP contribution in [0.3, 0.4) is 0 Å². The van der Waals surface area contributed by atoms with Crippen molar-refractivity contribution in [3.63, 3.8) is 0 Å². The van der Waals surface area contributed by atoms with Crippen LogP contribution in [0.25, 0.3) is 0 Å². The fourth-order valence-corrected chi connectivity index (χ4v) is 1.93. The summed E-state index contributed by atoms with van der Waals surface area (Å²) < 4.78 is 11.4. The zero-order chi connectivity index (χ0) is 11.8. The van der Waals surface area contributed by atoms with Crippen molar-refractivity contribution in [3.8, 4) is 0 Å². The average Bonchev–Trinajstić information content (AvgIpc) is 2.25. The number of morpholine rings is 1. The molecule has 1 aliphatic heterocycles. The lowest BCUT2D eigenvalue weighted by molar-refractivity contribution is -0.0698. The smallest absolute Gasteiger partial charge is 0.0935 e. The van der Waals surface area contributed by atoms with Gasteiger partial charge in [-0.1, -0.05) is 20.8 Å². The molecule has 0 unspecified atom stereocenters. The molecule has 1 atom stereocenters. The van der Waals surface area contributed by atoms with E-state index < -0.39 is 0 Å². The van der Waals surface area contributed by atoms with Gasteiger partial charge in [-0.2, -0.15) is 0 Å². The molecule has 0 N–H and O–H groups in total. The third kappa shape index (κ3) is 5.83. The summed E-state index contributed by atoms with van der Waals surface area (Å²) in [5, 5.41) is 0. The second-order valence-corrected chi connectivity index (χ2v) is 5.05. The van der Waals surface area contributed by atoms with E-state index in [1.807, 2.05) is 0 Å². The van der Waals surface area contributed by atoms with Crippen molar-refractivity contribution in [2.24, 2.45) is 5.92 Å². The summed E-state index contributed by atoms with van der Waals surface area (Å²) >= 11 is 0. The van der Waals surface area contributed by atoms with Crippen LogP contribution in [0.15, 0.2) is 0 Å². The summed E-state index contributed by atoms with van der Waals surface area (Å²) in [4.78, 5) is 2.47. The van der Waals surface area contributed by atoms with Gasteiger partial charge in [0.2, 0.25) is 0 Å². The van der Waals surface area contributed by atoms with Crippen molar-refractivity contribution >= 4 is 0 Å². The molecule has 0 saturated carbocycles. The Hall–Kier alpha value is -0.120. The lowest BCUT2D eigenvalue weighted by atomic mass is 10.1. The summed E-state index contributed by atoms with van der Waals surface area (Å²) in [5.41, 5.74) is 0. The minimum atomic E-state index is 0.285. The van der Waals surface area contributed by atoms with Gasteiger partial charge in [-0.05, 0) is 25.3 Å². The second kappa shape index (κ2) is 8.04. The van der Waals surface area contributed by atoms with Crippen molar-refractivity contribution in [2.45, 2.75) is 39.7 Å². The second-order valence-electron chi connectivity index (χ2n) is 5.05. The molecule has 3 nitrogen and oxygen atoms in total. The molecule has 1 heterocycles. The number of hydrogen-bond acceptors (Lipinski definition) is 3. The first-order valence-corrected chi connectivity index (χ1v) is 6.64. The molecular weight excluding hydrogens is 202 g/mol.